The summed E-state index contributed by atoms with van der Waals surface area (Å²) in [4.78, 5) is -0.0596. The van der Waals surface area contributed by atoms with E-state index in [2.05, 4.69) is 31.9 Å². The first kappa shape index (κ1) is 13.5. The summed E-state index contributed by atoms with van der Waals surface area (Å²) >= 11 is 12.6. The van der Waals surface area contributed by atoms with Crippen molar-refractivity contribution in [3.63, 3.8) is 0 Å². The largest absolute Gasteiger partial charge is 0.207 e. The summed E-state index contributed by atoms with van der Waals surface area (Å²) in [5.41, 5.74) is 0.536. The number of rotatable bonds is 1. The van der Waals surface area contributed by atoms with Gasteiger partial charge < -0.3 is 0 Å². The Morgan fingerprint density at radius 2 is 1.87 bits per heavy atom. The highest BCUT2D eigenvalue weighted by molar-refractivity contribution is 9.10. The number of hydrogen-bond acceptors (Lipinski definition) is 0. The first-order chi connectivity index (χ1) is 6.73. The van der Waals surface area contributed by atoms with Crippen LogP contribution in [0, 0.1) is 11.2 Å². The molecule has 0 spiro atoms. The van der Waals surface area contributed by atoms with E-state index >= 15 is 0 Å². The molecule has 0 heterocycles. The van der Waals surface area contributed by atoms with Crippen molar-refractivity contribution in [1.29, 1.82) is 0 Å². The average molecular weight is 358 g/mol. The van der Waals surface area contributed by atoms with E-state index in [1.54, 1.807) is 6.07 Å². The highest BCUT2D eigenvalue weighted by Gasteiger charge is 2.26. The molecule has 0 fully saturated rings. The zero-order chi connectivity index (χ0) is 11.8. The quantitative estimate of drug-likeness (QED) is 0.445. The molecule has 0 saturated carbocycles. The van der Waals surface area contributed by atoms with Crippen molar-refractivity contribution in [2.24, 2.45) is 5.41 Å². The van der Waals surface area contributed by atoms with E-state index in [1.807, 2.05) is 20.8 Å². The molecule has 0 nitrogen and oxygen atoms in total. The predicted octanol–water partition coefficient (Wildman–Crippen LogP) is 5.72. The highest BCUT2D eigenvalue weighted by atomic mass is 79.9. The van der Waals surface area contributed by atoms with Crippen molar-refractivity contribution in [3.05, 3.63) is 33.0 Å². The molecule has 4 heteroatoms. The van der Waals surface area contributed by atoms with Crippen molar-refractivity contribution in [2.45, 2.75) is 25.6 Å². The Kier molecular flexibility index (Phi) is 4.24. The number of benzene rings is 1. The fourth-order valence-electron chi connectivity index (χ4n) is 1.20. The number of hydrogen-bond donors (Lipinski definition) is 0. The molecule has 1 rings (SSSR count). The smallest absolute Gasteiger partial charge is 0.128 e. The minimum absolute atomic E-state index is 0.0575. The molecule has 0 N–H and O–H groups in total. The van der Waals surface area contributed by atoms with Gasteiger partial charge >= 0.3 is 0 Å². The van der Waals surface area contributed by atoms with Crippen LogP contribution in [0.2, 0.25) is 5.02 Å². The first-order valence-corrected chi connectivity index (χ1v) is 6.60. The van der Waals surface area contributed by atoms with Gasteiger partial charge in [-0.2, -0.15) is 0 Å². The molecule has 1 atom stereocenters. The summed E-state index contributed by atoms with van der Waals surface area (Å²) in [7, 11) is 0. The third kappa shape index (κ3) is 3.18. The molecule has 1 unspecified atom stereocenters. The maximum atomic E-state index is 13.7. The van der Waals surface area contributed by atoms with E-state index < -0.39 is 0 Å². The van der Waals surface area contributed by atoms with Gasteiger partial charge in [0.2, 0.25) is 0 Å². The molecule has 0 radical (unpaired) electrons. The van der Waals surface area contributed by atoms with Crippen LogP contribution in [0.5, 0.6) is 0 Å². The molecule has 1 aromatic rings. The van der Waals surface area contributed by atoms with Crippen LogP contribution < -0.4 is 0 Å². The maximum Gasteiger partial charge on any atom is 0.128 e. The molecule has 84 valence electrons. The lowest BCUT2D eigenvalue weighted by atomic mass is 9.88. The summed E-state index contributed by atoms with van der Waals surface area (Å²) in [6.45, 7) is 6.13. The van der Waals surface area contributed by atoms with Gasteiger partial charge in [0.1, 0.15) is 5.82 Å². The van der Waals surface area contributed by atoms with Gasteiger partial charge in [-0.05, 0) is 33.5 Å². The molecule has 0 aliphatic carbocycles. The summed E-state index contributed by atoms with van der Waals surface area (Å²) in [5.74, 6) is -0.247. The second kappa shape index (κ2) is 4.72. The summed E-state index contributed by atoms with van der Waals surface area (Å²) in [5, 5.41) is 0.528. The van der Waals surface area contributed by atoms with Crippen LogP contribution in [0.25, 0.3) is 0 Å². The molecular formula is C11H12Br2ClF. The molecule has 0 bridgehead atoms. The van der Waals surface area contributed by atoms with Crippen LogP contribution in [0.15, 0.2) is 16.6 Å². The Morgan fingerprint density at radius 3 is 2.33 bits per heavy atom. The Labute approximate surface area is 111 Å². The molecule has 0 aromatic heterocycles. The zero-order valence-electron chi connectivity index (χ0n) is 8.74. The van der Waals surface area contributed by atoms with E-state index in [4.69, 9.17) is 11.6 Å². The van der Waals surface area contributed by atoms with Gasteiger partial charge in [0.25, 0.3) is 0 Å². The highest BCUT2D eigenvalue weighted by Crippen LogP contribution is 2.42. The Hall–Kier alpha value is 0.400. The Bertz CT molecular complexity index is 372. The molecule has 0 amide bonds. The standard InChI is InChI=1S/C11H12Br2ClF/c1-11(2,3)10(13)6-4-8(14)7(12)5-9(6)15/h4-5,10H,1-3H3. The van der Waals surface area contributed by atoms with Crippen LogP contribution in [0.1, 0.15) is 31.2 Å². The zero-order valence-corrected chi connectivity index (χ0v) is 12.7. The molecule has 0 aliphatic heterocycles. The van der Waals surface area contributed by atoms with Crippen molar-refractivity contribution in [3.8, 4) is 0 Å². The fraction of sp³-hybridized carbons (Fsp3) is 0.455. The van der Waals surface area contributed by atoms with Gasteiger partial charge in [0, 0.05) is 14.9 Å². The molecule has 15 heavy (non-hydrogen) atoms. The number of alkyl halides is 1. The lowest BCUT2D eigenvalue weighted by molar-refractivity contribution is 0.398. The summed E-state index contributed by atoms with van der Waals surface area (Å²) in [6, 6.07) is 3.06. The van der Waals surface area contributed by atoms with Gasteiger partial charge in [-0.25, -0.2) is 4.39 Å². The van der Waals surface area contributed by atoms with Gasteiger partial charge in [-0.15, -0.1) is 0 Å². The van der Waals surface area contributed by atoms with Crippen LogP contribution in [-0.2, 0) is 0 Å². The second-order valence-electron chi connectivity index (χ2n) is 4.52. The van der Waals surface area contributed by atoms with E-state index in [0.717, 1.165) is 0 Å². The van der Waals surface area contributed by atoms with E-state index in [9.17, 15) is 4.39 Å². The minimum Gasteiger partial charge on any atom is -0.207 e. The van der Waals surface area contributed by atoms with Gasteiger partial charge in [0.05, 0.1) is 5.02 Å². The minimum atomic E-state index is -0.247. The lowest BCUT2D eigenvalue weighted by Gasteiger charge is -2.26. The van der Waals surface area contributed by atoms with E-state index in [1.165, 1.54) is 6.07 Å². The van der Waals surface area contributed by atoms with Crippen LogP contribution >= 0.6 is 43.5 Å². The molecule has 1 aromatic carbocycles. The van der Waals surface area contributed by atoms with Crippen molar-refractivity contribution in [1.82, 2.24) is 0 Å². The van der Waals surface area contributed by atoms with Crippen LogP contribution in [0.4, 0.5) is 4.39 Å². The summed E-state index contributed by atoms with van der Waals surface area (Å²) < 4.78 is 14.3. The van der Waals surface area contributed by atoms with Crippen molar-refractivity contribution < 1.29 is 4.39 Å². The van der Waals surface area contributed by atoms with Gasteiger partial charge in [-0.1, -0.05) is 48.3 Å². The maximum absolute atomic E-state index is 13.7. The molecule has 0 aliphatic rings. The Balaban J connectivity index is 3.21. The topological polar surface area (TPSA) is 0 Å². The Morgan fingerprint density at radius 1 is 1.33 bits per heavy atom. The molecular weight excluding hydrogens is 346 g/mol. The predicted molar refractivity (Wildman–Crippen MR) is 70.2 cm³/mol. The van der Waals surface area contributed by atoms with E-state index in [0.29, 0.717) is 15.1 Å². The van der Waals surface area contributed by atoms with E-state index in [-0.39, 0.29) is 16.1 Å². The SMILES string of the molecule is CC(C)(C)C(Br)c1cc(Cl)c(Br)cc1F. The second-order valence-corrected chi connectivity index (χ2v) is 6.69. The number of halogens is 4. The summed E-state index contributed by atoms with van der Waals surface area (Å²) in [6.07, 6.45) is 0. The third-order valence-corrected chi connectivity index (χ3v) is 5.14. The van der Waals surface area contributed by atoms with Gasteiger partial charge in [0.15, 0.2) is 0 Å². The fourth-order valence-corrected chi connectivity index (χ4v) is 2.04. The molecule has 0 saturated heterocycles. The third-order valence-electron chi connectivity index (χ3n) is 2.07. The van der Waals surface area contributed by atoms with Crippen molar-refractivity contribution >= 4 is 43.5 Å². The average Bonchev–Trinajstić information content (AvgIpc) is 2.08. The monoisotopic (exact) mass is 356 g/mol. The van der Waals surface area contributed by atoms with Crippen molar-refractivity contribution in [2.75, 3.05) is 0 Å². The van der Waals surface area contributed by atoms with Crippen LogP contribution in [0.3, 0.4) is 0 Å². The van der Waals surface area contributed by atoms with Crippen LogP contribution in [-0.4, -0.2) is 0 Å². The van der Waals surface area contributed by atoms with Gasteiger partial charge in [-0.3, -0.25) is 0 Å². The first-order valence-electron chi connectivity index (χ1n) is 4.52. The normalized spacial score (nSPS) is 14.1. The lowest BCUT2D eigenvalue weighted by Crippen LogP contribution is -2.14.